The summed E-state index contributed by atoms with van der Waals surface area (Å²) in [5.74, 6) is 2.11. The zero-order valence-electron chi connectivity index (χ0n) is 24.4. The lowest BCUT2D eigenvalue weighted by atomic mass is 9.86. The molecule has 1 saturated carbocycles. The molecule has 0 spiro atoms. The molecule has 4 aromatic rings. The van der Waals surface area contributed by atoms with Crippen LogP contribution in [0.5, 0.6) is 11.8 Å². The van der Waals surface area contributed by atoms with Gasteiger partial charge < -0.3 is 19.5 Å². The second kappa shape index (κ2) is 14.5. The van der Waals surface area contributed by atoms with Crippen LogP contribution in [0.2, 0.25) is 0 Å². The molecule has 2 aromatic heterocycles. The Hall–Kier alpha value is -4.39. The van der Waals surface area contributed by atoms with Crippen LogP contribution in [-0.2, 0) is 22.7 Å². The maximum Gasteiger partial charge on any atom is 0.308 e. The van der Waals surface area contributed by atoms with Gasteiger partial charge in [-0.3, -0.25) is 4.79 Å². The predicted octanol–water partition coefficient (Wildman–Crippen LogP) is 7.47. The number of rotatable bonds is 12. The van der Waals surface area contributed by atoms with E-state index in [1.807, 2.05) is 91.1 Å². The fourth-order valence-electron chi connectivity index (χ4n) is 4.98. The monoisotopic (exact) mass is 565 g/mol. The highest BCUT2D eigenvalue weighted by Gasteiger charge is 2.27. The molecule has 1 aliphatic carbocycles. The maximum atomic E-state index is 12.3. The van der Waals surface area contributed by atoms with Gasteiger partial charge in [-0.1, -0.05) is 74.5 Å². The molecule has 0 amide bonds. The molecule has 0 aliphatic heterocycles. The summed E-state index contributed by atoms with van der Waals surface area (Å²) in [6.45, 7) is 5.42. The molecule has 0 atom stereocenters. The Labute approximate surface area is 248 Å². The van der Waals surface area contributed by atoms with Gasteiger partial charge in [-0.15, -0.1) is 0 Å². The Balaban J connectivity index is 1.23. The number of carbonyl (C=O) groups excluding carboxylic acids is 1. The number of hydrogen-bond acceptors (Lipinski definition) is 7. The van der Waals surface area contributed by atoms with Gasteiger partial charge in [-0.2, -0.15) is 4.98 Å². The molecule has 0 unspecified atom stereocenters. The number of nitrogens with zero attached hydrogens (tertiary/aromatic N) is 2. The van der Waals surface area contributed by atoms with Gasteiger partial charge in [0.25, 0.3) is 0 Å². The smallest absolute Gasteiger partial charge is 0.308 e. The summed E-state index contributed by atoms with van der Waals surface area (Å²) >= 11 is 0. The van der Waals surface area contributed by atoms with Gasteiger partial charge in [0.15, 0.2) is 0 Å². The zero-order chi connectivity index (χ0) is 29.1. The quantitative estimate of drug-likeness (QED) is 0.178. The summed E-state index contributed by atoms with van der Waals surface area (Å²) in [5, 5.41) is 3.54. The third kappa shape index (κ3) is 8.32. The fraction of sp³-hybridized carbons (Fsp3) is 0.343. The molecule has 0 radical (unpaired) electrons. The zero-order valence-corrected chi connectivity index (χ0v) is 24.4. The van der Waals surface area contributed by atoms with Gasteiger partial charge in [-0.05, 0) is 60.9 Å². The van der Waals surface area contributed by atoms with Crippen LogP contribution in [0, 0.1) is 11.8 Å². The Kier molecular flexibility index (Phi) is 10.0. The molecule has 2 aromatic carbocycles. The van der Waals surface area contributed by atoms with Gasteiger partial charge in [0, 0.05) is 29.4 Å². The molecule has 0 bridgehead atoms. The number of hydrogen-bond donors (Lipinski definition) is 1. The molecule has 7 heteroatoms. The lowest BCUT2D eigenvalue weighted by Gasteiger charge is -2.28. The van der Waals surface area contributed by atoms with E-state index >= 15 is 0 Å². The molecule has 7 nitrogen and oxygen atoms in total. The number of anilines is 1. The Morgan fingerprint density at radius 1 is 0.833 bits per heavy atom. The van der Waals surface area contributed by atoms with E-state index < -0.39 is 0 Å². The maximum absolute atomic E-state index is 12.3. The Morgan fingerprint density at radius 2 is 1.50 bits per heavy atom. The van der Waals surface area contributed by atoms with Gasteiger partial charge >= 0.3 is 5.97 Å². The van der Waals surface area contributed by atoms with Gasteiger partial charge in [0.05, 0.1) is 12.5 Å². The van der Waals surface area contributed by atoms with Crippen molar-refractivity contribution in [3.8, 4) is 22.9 Å². The minimum atomic E-state index is -0.0555. The number of nitrogens with one attached hydrogen (secondary N) is 1. The molecule has 1 N–H and O–H groups in total. The second-order valence-corrected chi connectivity index (χ2v) is 11.2. The minimum Gasteiger partial charge on any atom is -0.473 e. The van der Waals surface area contributed by atoms with Crippen LogP contribution < -0.4 is 14.8 Å². The van der Waals surface area contributed by atoms with Gasteiger partial charge in [-0.25, -0.2) is 4.98 Å². The third-order valence-electron chi connectivity index (χ3n) is 7.33. The summed E-state index contributed by atoms with van der Waals surface area (Å²) in [6, 6.07) is 28.2. The first-order valence-corrected chi connectivity index (χ1v) is 14.8. The summed E-state index contributed by atoms with van der Waals surface area (Å²) in [6.07, 6.45) is 5.33. The van der Waals surface area contributed by atoms with Crippen molar-refractivity contribution < 1.29 is 19.0 Å². The standard InChI is InChI=1S/C35H39N3O4/c1-25(2)22-42-35(39)28-13-16-30(17-14-28)37-32-19-15-29(21-36-32)31-18-20-33(40-23-26-9-5-3-6-10-26)38-34(31)41-24-27-11-7-4-8-12-27/h3-12,15,18-21,25,28,30H,13-14,16-17,22-24H2,1-2H3,(H,36,37). The first-order valence-electron chi connectivity index (χ1n) is 14.8. The summed E-state index contributed by atoms with van der Waals surface area (Å²) in [4.78, 5) is 21.7. The lowest BCUT2D eigenvalue weighted by molar-refractivity contribution is -0.150. The van der Waals surface area contributed by atoms with E-state index in [0.29, 0.717) is 37.5 Å². The van der Waals surface area contributed by atoms with Crippen LogP contribution in [0.4, 0.5) is 5.82 Å². The van der Waals surface area contributed by atoms with Crippen molar-refractivity contribution in [2.75, 3.05) is 11.9 Å². The minimum absolute atomic E-state index is 0.00131. The normalized spacial score (nSPS) is 16.5. The number of esters is 1. The van der Waals surface area contributed by atoms with Gasteiger partial charge in [0.1, 0.15) is 19.0 Å². The fourth-order valence-corrected chi connectivity index (χ4v) is 4.98. The SMILES string of the molecule is CC(C)COC(=O)C1CCC(Nc2ccc(-c3ccc(OCc4ccccc4)nc3OCc3ccccc3)cn2)CC1. The van der Waals surface area contributed by atoms with Crippen LogP contribution >= 0.6 is 0 Å². The van der Waals surface area contributed by atoms with Crippen molar-refractivity contribution in [1.29, 1.82) is 0 Å². The van der Waals surface area contributed by atoms with Crippen molar-refractivity contribution in [3.05, 3.63) is 102 Å². The Morgan fingerprint density at radius 3 is 2.12 bits per heavy atom. The molecular weight excluding hydrogens is 526 g/mol. The highest BCUT2D eigenvalue weighted by atomic mass is 16.5. The van der Waals surface area contributed by atoms with E-state index in [4.69, 9.17) is 24.2 Å². The average Bonchev–Trinajstić information content (AvgIpc) is 3.03. The topological polar surface area (TPSA) is 82.6 Å². The lowest BCUT2D eigenvalue weighted by Crippen LogP contribution is -2.31. The number of ether oxygens (including phenoxy) is 3. The predicted molar refractivity (Wildman–Crippen MR) is 164 cm³/mol. The van der Waals surface area contributed by atoms with Crippen LogP contribution in [0.3, 0.4) is 0 Å². The largest absolute Gasteiger partial charge is 0.473 e. The molecule has 1 fully saturated rings. The van der Waals surface area contributed by atoms with E-state index in [9.17, 15) is 4.79 Å². The molecule has 1 aliphatic rings. The van der Waals surface area contributed by atoms with E-state index in [1.54, 1.807) is 0 Å². The summed E-state index contributed by atoms with van der Waals surface area (Å²) < 4.78 is 17.6. The van der Waals surface area contributed by atoms with Crippen molar-refractivity contribution >= 4 is 11.8 Å². The summed E-state index contributed by atoms with van der Waals surface area (Å²) in [7, 11) is 0. The third-order valence-corrected chi connectivity index (χ3v) is 7.33. The molecule has 2 heterocycles. The van der Waals surface area contributed by atoms with Crippen molar-refractivity contribution in [1.82, 2.24) is 9.97 Å². The van der Waals surface area contributed by atoms with Gasteiger partial charge in [0.2, 0.25) is 11.8 Å². The van der Waals surface area contributed by atoms with Crippen molar-refractivity contribution in [2.24, 2.45) is 11.8 Å². The van der Waals surface area contributed by atoms with E-state index in [-0.39, 0.29) is 17.9 Å². The molecule has 0 saturated heterocycles. The first kappa shape index (κ1) is 29.1. The van der Waals surface area contributed by atoms with Crippen molar-refractivity contribution in [2.45, 2.75) is 58.8 Å². The highest BCUT2D eigenvalue weighted by molar-refractivity contribution is 5.72. The first-order chi connectivity index (χ1) is 20.5. The highest BCUT2D eigenvalue weighted by Crippen LogP contribution is 2.32. The molecule has 5 rings (SSSR count). The molecule has 42 heavy (non-hydrogen) atoms. The molecule has 218 valence electrons. The summed E-state index contributed by atoms with van der Waals surface area (Å²) in [5.41, 5.74) is 3.88. The van der Waals surface area contributed by atoms with Crippen LogP contribution in [0.1, 0.15) is 50.7 Å². The van der Waals surface area contributed by atoms with Crippen LogP contribution in [0.15, 0.2) is 91.1 Å². The number of pyridine rings is 2. The Bertz CT molecular complexity index is 1400. The van der Waals surface area contributed by atoms with E-state index in [1.165, 1.54) is 0 Å². The second-order valence-electron chi connectivity index (χ2n) is 11.2. The van der Waals surface area contributed by atoms with Crippen molar-refractivity contribution in [3.63, 3.8) is 0 Å². The number of benzene rings is 2. The van der Waals surface area contributed by atoms with Crippen LogP contribution in [-0.4, -0.2) is 28.6 Å². The van der Waals surface area contributed by atoms with E-state index in [2.05, 4.69) is 19.2 Å². The van der Waals surface area contributed by atoms with E-state index in [0.717, 1.165) is 53.8 Å². The number of aromatic nitrogens is 2. The van der Waals surface area contributed by atoms with Crippen LogP contribution in [0.25, 0.3) is 11.1 Å². The average molecular weight is 566 g/mol. The molecular formula is C35H39N3O4. The number of carbonyl (C=O) groups is 1.